The summed E-state index contributed by atoms with van der Waals surface area (Å²) in [4.78, 5) is 11.0. The number of aryl methyl sites for hydroxylation is 1. The van der Waals surface area contributed by atoms with E-state index in [-0.39, 0.29) is 12.4 Å². The fourth-order valence-electron chi connectivity index (χ4n) is 1.68. The molecule has 0 aliphatic carbocycles. The van der Waals surface area contributed by atoms with Gasteiger partial charge in [-0.25, -0.2) is 4.39 Å². The van der Waals surface area contributed by atoms with Gasteiger partial charge in [-0.05, 0) is 52.7 Å². The molecule has 2 aromatic carbocycles. The average Bonchev–Trinajstić information content (AvgIpc) is 2.41. The molecule has 4 heteroatoms. The number of rotatable bonds is 4. The third-order valence-corrected chi connectivity index (χ3v) is 3.28. The molecular weight excluding hydrogens is 311 g/mol. The summed E-state index contributed by atoms with van der Waals surface area (Å²) >= 11 is 3.12. The lowest BCUT2D eigenvalue weighted by atomic mass is 10.1. The minimum atomic E-state index is -0.312. The Morgan fingerprint density at radius 1 is 1.26 bits per heavy atom. The molecule has 0 aliphatic rings. The van der Waals surface area contributed by atoms with Crippen molar-refractivity contribution in [2.75, 3.05) is 0 Å². The Hall–Kier alpha value is -1.68. The van der Waals surface area contributed by atoms with E-state index in [9.17, 15) is 9.18 Å². The first-order chi connectivity index (χ1) is 9.10. The Kier molecular flexibility index (Phi) is 4.32. The Morgan fingerprint density at radius 2 is 2.05 bits per heavy atom. The van der Waals surface area contributed by atoms with E-state index in [1.807, 2.05) is 13.0 Å². The summed E-state index contributed by atoms with van der Waals surface area (Å²) in [6, 6.07) is 10.1. The van der Waals surface area contributed by atoms with E-state index < -0.39 is 0 Å². The van der Waals surface area contributed by atoms with Gasteiger partial charge >= 0.3 is 0 Å². The minimum Gasteiger partial charge on any atom is -0.488 e. The van der Waals surface area contributed by atoms with Gasteiger partial charge in [-0.3, -0.25) is 4.79 Å². The Bertz CT molecular complexity index is 611. The molecule has 0 saturated carbocycles. The van der Waals surface area contributed by atoms with E-state index in [0.29, 0.717) is 15.8 Å². The molecule has 0 spiro atoms. The van der Waals surface area contributed by atoms with Crippen LogP contribution in [-0.2, 0) is 6.61 Å². The van der Waals surface area contributed by atoms with Crippen LogP contribution in [0.2, 0.25) is 0 Å². The van der Waals surface area contributed by atoms with Crippen LogP contribution in [0.1, 0.15) is 21.5 Å². The molecule has 2 nitrogen and oxygen atoms in total. The molecule has 0 radical (unpaired) electrons. The van der Waals surface area contributed by atoms with Gasteiger partial charge in [0.2, 0.25) is 0 Å². The normalized spacial score (nSPS) is 10.3. The first kappa shape index (κ1) is 13.7. The topological polar surface area (TPSA) is 26.3 Å². The predicted molar refractivity (Wildman–Crippen MR) is 75.0 cm³/mol. The molecule has 2 aromatic rings. The summed E-state index contributed by atoms with van der Waals surface area (Å²) in [5, 5.41) is 0. The fraction of sp³-hybridized carbons (Fsp3) is 0.133. The van der Waals surface area contributed by atoms with Crippen LogP contribution in [0.15, 0.2) is 40.9 Å². The van der Waals surface area contributed by atoms with Crippen molar-refractivity contribution in [3.8, 4) is 5.75 Å². The van der Waals surface area contributed by atoms with Crippen molar-refractivity contribution in [3.63, 3.8) is 0 Å². The number of carbonyl (C=O) groups is 1. The second-order valence-corrected chi connectivity index (χ2v) is 5.05. The average molecular weight is 323 g/mol. The Labute approximate surface area is 119 Å². The van der Waals surface area contributed by atoms with Gasteiger partial charge in [-0.2, -0.15) is 0 Å². The molecule has 0 N–H and O–H groups in total. The number of carbonyl (C=O) groups excluding carboxylic acids is 1. The second-order valence-electron chi connectivity index (χ2n) is 4.20. The van der Waals surface area contributed by atoms with Crippen LogP contribution < -0.4 is 4.74 Å². The van der Waals surface area contributed by atoms with Gasteiger partial charge in [-0.15, -0.1) is 0 Å². The van der Waals surface area contributed by atoms with Crippen molar-refractivity contribution >= 4 is 22.2 Å². The smallest absolute Gasteiger partial charge is 0.153 e. The fourth-order valence-corrected chi connectivity index (χ4v) is 2.11. The zero-order valence-electron chi connectivity index (χ0n) is 10.3. The van der Waals surface area contributed by atoms with E-state index in [4.69, 9.17) is 4.74 Å². The number of ether oxygens (including phenoxy) is 1. The number of benzene rings is 2. The molecule has 19 heavy (non-hydrogen) atoms. The van der Waals surface area contributed by atoms with Gasteiger partial charge in [0.15, 0.2) is 6.29 Å². The summed E-state index contributed by atoms with van der Waals surface area (Å²) in [6.07, 6.45) is 0.767. The van der Waals surface area contributed by atoms with Crippen LogP contribution in [0.3, 0.4) is 0 Å². The molecule has 0 aromatic heterocycles. The molecule has 0 heterocycles. The molecule has 0 atom stereocenters. The minimum absolute atomic E-state index is 0.281. The monoisotopic (exact) mass is 322 g/mol. The van der Waals surface area contributed by atoms with Crippen LogP contribution in [0, 0.1) is 12.7 Å². The standard InChI is InChI=1S/C15H12BrFO2/c1-10-2-5-15(12(6-10)8-18)19-9-11-3-4-14(17)13(16)7-11/h2-8H,9H2,1H3. The highest BCUT2D eigenvalue weighted by atomic mass is 79.9. The van der Waals surface area contributed by atoms with Crippen molar-refractivity contribution in [2.24, 2.45) is 0 Å². The third kappa shape index (κ3) is 3.41. The van der Waals surface area contributed by atoms with E-state index in [2.05, 4.69) is 15.9 Å². The number of aldehydes is 1. The van der Waals surface area contributed by atoms with Crippen LogP contribution in [-0.4, -0.2) is 6.29 Å². The van der Waals surface area contributed by atoms with Gasteiger partial charge in [0.05, 0.1) is 10.0 Å². The van der Waals surface area contributed by atoms with Crippen molar-refractivity contribution in [1.82, 2.24) is 0 Å². The molecule has 98 valence electrons. The molecule has 0 aliphatic heterocycles. The highest BCUT2D eigenvalue weighted by molar-refractivity contribution is 9.10. The van der Waals surface area contributed by atoms with Crippen molar-refractivity contribution in [2.45, 2.75) is 13.5 Å². The summed E-state index contributed by atoms with van der Waals surface area (Å²) in [5.74, 6) is 0.216. The summed E-state index contributed by atoms with van der Waals surface area (Å²) in [7, 11) is 0. The molecule has 0 saturated heterocycles. The van der Waals surface area contributed by atoms with Crippen LogP contribution in [0.4, 0.5) is 4.39 Å². The predicted octanol–water partition coefficient (Wildman–Crippen LogP) is 4.29. The maximum atomic E-state index is 13.1. The van der Waals surface area contributed by atoms with Crippen LogP contribution in [0.5, 0.6) is 5.75 Å². The maximum absolute atomic E-state index is 13.1. The number of hydrogen-bond donors (Lipinski definition) is 0. The third-order valence-electron chi connectivity index (χ3n) is 2.67. The molecule has 0 fully saturated rings. The van der Waals surface area contributed by atoms with Crippen molar-refractivity contribution in [1.29, 1.82) is 0 Å². The van der Waals surface area contributed by atoms with E-state index in [0.717, 1.165) is 17.4 Å². The lowest BCUT2D eigenvalue weighted by Gasteiger charge is -2.09. The van der Waals surface area contributed by atoms with E-state index in [1.54, 1.807) is 24.3 Å². The van der Waals surface area contributed by atoms with Gasteiger partial charge in [0, 0.05) is 0 Å². The lowest BCUT2D eigenvalue weighted by Crippen LogP contribution is -1.99. The summed E-state index contributed by atoms with van der Waals surface area (Å²) in [5.41, 5.74) is 2.34. The number of hydrogen-bond acceptors (Lipinski definition) is 2. The number of halogens is 2. The Balaban J connectivity index is 2.14. The van der Waals surface area contributed by atoms with Gasteiger partial charge < -0.3 is 4.74 Å². The van der Waals surface area contributed by atoms with Crippen LogP contribution >= 0.6 is 15.9 Å². The van der Waals surface area contributed by atoms with Crippen molar-refractivity contribution < 1.29 is 13.9 Å². The molecule has 0 amide bonds. The first-order valence-corrected chi connectivity index (χ1v) is 6.52. The van der Waals surface area contributed by atoms with Gasteiger partial charge in [0.1, 0.15) is 18.2 Å². The van der Waals surface area contributed by atoms with Gasteiger partial charge in [0.25, 0.3) is 0 Å². The summed E-state index contributed by atoms with van der Waals surface area (Å²) < 4.78 is 19.1. The summed E-state index contributed by atoms with van der Waals surface area (Å²) in [6.45, 7) is 2.19. The second kappa shape index (κ2) is 5.97. The highest BCUT2D eigenvalue weighted by Gasteiger charge is 2.05. The Morgan fingerprint density at radius 3 is 2.74 bits per heavy atom. The van der Waals surface area contributed by atoms with Crippen molar-refractivity contribution in [3.05, 3.63) is 63.4 Å². The zero-order valence-corrected chi connectivity index (χ0v) is 11.9. The molecule has 2 rings (SSSR count). The highest BCUT2D eigenvalue weighted by Crippen LogP contribution is 2.21. The molecule has 0 bridgehead atoms. The molecular formula is C15H12BrFO2. The van der Waals surface area contributed by atoms with Crippen LogP contribution in [0.25, 0.3) is 0 Å². The van der Waals surface area contributed by atoms with E-state index >= 15 is 0 Å². The van der Waals surface area contributed by atoms with E-state index in [1.165, 1.54) is 6.07 Å². The zero-order chi connectivity index (χ0) is 13.8. The quantitative estimate of drug-likeness (QED) is 0.785. The first-order valence-electron chi connectivity index (χ1n) is 5.72. The maximum Gasteiger partial charge on any atom is 0.153 e. The lowest BCUT2D eigenvalue weighted by molar-refractivity contribution is 0.111. The molecule has 0 unspecified atom stereocenters. The van der Waals surface area contributed by atoms with Gasteiger partial charge in [-0.1, -0.05) is 17.7 Å². The SMILES string of the molecule is Cc1ccc(OCc2ccc(F)c(Br)c2)c(C=O)c1. The largest absolute Gasteiger partial charge is 0.488 e.